The van der Waals surface area contributed by atoms with Crippen molar-refractivity contribution in [1.29, 1.82) is 0 Å². The Kier molecular flexibility index (Phi) is 3.69. The quantitative estimate of drug-likeness (QED) is 0.590. The van der Waals surface area contributed by atoms with Crippen LogP contribution >= 0.6 is 0 Å². The molecule has 3 fully saturated rings. The molecule has 0 N–H and O–H groups in total. The van der Waals surface area contributed by atoms with Crippen LogP contribution in [0.15, 0.2) is 30.3 Å². The molecular formula is C19H28. The van der Waals surface area contributed by atoms with Crippen molar-refractivity contribution < 1.29 is 0 Å². The lowest BCUT2D eigenvalue weighted by Crippen LogP contribution is -2.29. The highest BCUT2D eigenvalue weighted by molar-refractivity contribution is 5.25. The first kappa shape index (κ1) is 13.2. The standard InChI is InChI=1S/C19H28/c1-18-11-5-6-14-19(15-7-12-18,16-8-13-18)17-9-3-2-4-10-17/h2-4,9-10H,5-8,11-16H2,1H3. The van der Waals surface area contributed by atoms with Gasteiger partial charge < -0.3 is 0 Å². The van der Waals surface area contributed by atoms with Gasteiger partial charge >= 0.3 is 0 Å². The molecule has 1 aromatic rings. The predicted octanol–water partition coefficient (Wildman–Crippen LogP) is 5.86. The van der Waals surface area contributed by atoms with Crippen molar-refractivity contribution in [3.63, 3.8) is 0 Å². The van der Waals surface area contributed by atoms with Crippen molar-refractivity contribution >= 4 is 0 Å². The van der Waals surface area contributed by atoms with E-state index in [1.165, 1.54) is 64.2 Å². The molecule has 0 aromatic heterocycles. The van der Waals surface area contributed by atoms with Crippen molar-refractivity contribution in [3.8, 4) is 0 Å². The van der Waals surface area contributed by atoms with Crippen molar-refractivity contribution in [3.05, 3.63) is 35.9 Å². The van der Waals surface area contributed by atoms with Crippen molar-refractivity contribution in [2.45, 2.75) is 76.5 Å². The van der Waals surface area contributed by atoms with E-state index < -0.39 is 0 Å². The van der Waals surface area contributed by atoms with Gasteiger partial charge in [-0.3, -0.25) is 0 Å². The maximum atomic E-state index is 2.55. The molecule has 1 aromatic carbocycles. The second kappa shape index (κ2) is 5.31. The van der Waals surface area contributed by atoms with Crippen LogP contribution in [0.3, 0.4) is 0 Å². The third-order valence-corrected chi connectivity index (χ3v) is 5.94. The van der Waals surface area contributed by atoms with E-state index in [0.29, 0.717) is 10.8 Å². The van der Waals surface area contributed by atoms with Crippen LogP contribution in [0.4, 0.5) is 0 Å². The summed E-state index contributed by atoms with van der Waals surface area (Å²) in [5.74, 6) is 0. The van der Waals surface area contributed by atoms with E-state index in [0.717, 1.165) is 0 Å². The largest absolute Gasteiger partial charge is 0.0622 e. The smallest absolute Gasteiger partial charge is 0.00470 e. The summed E-state index contributed by atoms with van der Waals surface area (Å²) in [6, 6.07) is 11.4. The van der Waals surface area contributed by atoms with Crippen LogP contribution in [0.1, 0.15) is 76.7 Å². The Morgan fingerprint density at radius 3 is 1.89 bits per heavy atom. The predicted molar refractivity (Wildman–Crippen MR) is 82.4 cm³/mol. The van der Waals surface area contributed by atoms with E-state index in [9.17, 15) is 0 Å². The Hall–Kier alpha value is -0.780. The van der Waals surface area contributed by atoms with Gasteiger partial charge in [0, 0.05) is 0 Å². The van der Waals surface area contributed by atoms with Crippen LogP contribution in [-0.2, 0) is 5.41 Å². The molecule has 0 spiro atoms. The van der Waals surface area contributed by atoms with Gasteiger partial charge in [-0.05, 0) is 54.9 Å². The minimum Gasteiger partial charge on any atom is -0.0622 e. The fraction of sp³-hybridized carbons (Fsp3) is 0.684. The summed E-state index contributed by atoms with van der Waals surface area (Å²) >= 11 is 0. The Labute approximate surface area is 118 Å². The highest BCUT2D eigenvalue weighted by Crippen LogP contribution is 2.48. The topological polar surface area (TPSA) is 0 Å². The molecule has 3 aliphatic rings. The summed E-state index contributed by atoms with van der Waals surface area (Å²) in [5.41, 5.74) is 2.79. The van der Waals surface area contributed by atoms with Gasteiger partial charge in [0.25, 0.3) is 0 Å². The SMILES string of the molecule is CC12CCCCC(c3ccccc3)(CCC1)CCC2. The van der Waals surface area contributed by atoms with E-state index in [1.807, 2.05) is 0 Å². The molecule has 0 nitrogen and oxygen atoms in total. The molecule has 0 unspecified atom stereocenters. The molecule has 0 atom stereocenters. The molecule has 0 saturated heterocycles. The van der Waals surface area contributed by atoms with Gasteiger partial charge in [-0.2, -0.15) is 0 Å². The molecule has 0 amide bonds. The van der Waals surface area contributed by atoms with E-state index >= 15 is 0 Å². The van der Waals surface area contributed by atoms with E-state index in [2.05, 4.69) is 37.3 Å². The molecular weight excluding hydrogens is 228 g/mol. The van der Waals surface area contributed by atoms with Crippen molar-refractivity contribution in [1.82, 2.24) is 0 Å². The van der Waals surface area contributed by atoms with E-state index in [1.54, 1.807) is 5.56 Å². The lowest BCUT2D eigenvalue weighted by Gasteiger charge is -2.38. The van der Waals surface area contributed by atoms with Gasteiger partial charge in [-0.25, -0.2) is 0 Å². The van der Waals surface area contributed by atoms with Gasteiger partial charge in [0.15, 0.2) is 0 Å². The van der Waals surface area contributed by atoms with Gasteiger partial charge in [-0.15, -0.1) is 0 Å². The molecule has 0 heteroatoms. The van der Waals surface area contributed by atoms with Gasteiger partial charge in [-0.1, -0.05) is 62.9 Å². The van der Waals surface area contributed by atoms with Gasteiger partial charge in [0.2, 0.25) is 0 Å². The minimum atomic E-state index is 0.507. The fourth-order valence-electron chi connectivity index (χ4n) is 4.70. The van der Waals surface area contributed by atoms with E-state index in [4.69, 9.17) is 0 Å². The maximum Gasteiger partial charge on any atom is -0.00470 e. The number of fused-ring (bicyclic) bond motifs is 7. The summed E-state index contributed by atoms with van der Waals surface area (Å²) in [7, 11) is 0. The molecule has 0 aliphatic heterocycles. The van der Waals surface area contributed by atoms with E-state index in [-0.39, 0.29) is 0 Å². The second-order valence-electron chi connectivity index (χ2n) is 7.37. The molecule has 3 saturated carbocycles. The zero-order valence-electron chi connectivity index (χ0n) is 12.5. The third-order valence-electron chi connectivity index (χ3n) is 5.94. The summed E-state index contributed by atoms with van der Waals surface area (Å²) in [5, 5.41) is 0. The number of hydrogen-bond donors (Lipinski definition) is 0. The second-order valence-corrected chi connectivity index (χ2v) is 7.37. The Morgan fingerprint density at radius 2 is 1.21 bits per heavy atom. The monoisotopic (exact) mass is 256 g/mol. The van der Waals surface area contributed by atoms with Gasteiger partial charge in [0.1, 0.15) is 0 Å². The molecule has 104 valence electrons. The summed E-state index contributed by atoms with van der Waals surface area (Å²) in [6.45, 7) is 2.55. The zero-order valence-corrected chi connectivity index (χ0v) is 12.5. The Bertz CT molecular complexity index is 393. The van der Waals surface area contributed by atoms with Crippen LogP contribution in [0, 0.1) is 5.41 Å². The number of benzene rings is 1. The van der Waals surface area contributed by atoms with Crippen molar-refractivity contribution in [2.75, 3.05) is 0 Å². The third kappa shape index (κ3) is 2.73. The average molecular weight is 256 g/mol. The first-order valence-electron chi connectivity index (χ1n) is 8.28. The molecule has 2 bridgehead atoms. The lowest BCUT2D eigenvalue weighted by molar-refractivity contribution is 0.196. The average Bonchev–Trinajstić information content (AvgIpc) is 2.54. The van der Waals surface area contributed by atoms with Crippen LogP contribution in [-0.4, -0.2) is 0 Å². The van der Waals surface area contributed by atoms with Crippen LogP contribution in [0.25, 0.3) is 0 Å². The maximum absolute atomic E-state index is 2.55. The Balaban J connectivity index is 1.91. The molecule has 3 aliphatic carbocycles. The molecule has 19 heavy (non-hydrogen) atoms. The molecule has 0 radical (unpaired) electrons. The molecule has 4 rings (SSSR count). The molecule has 0 heterocycles. The highest BCUT2D eigenvalue weighted by atomic mass is 14.4. The van der Waals surface area contributed by atoms with Gasteiger partial charge in [0.05, 0.1) is 0 Å². The van der Waals surface area contributed by atoms with Crippen LogP contribution in [0.2, 0.25) is 0 Å². The minimum absolute atomic E-state index is 0.507. The summed E-state index contributed by atoms with van der Waals surface area (Å²) in [6.07, 6.45) is 14.4. The fourth-order valence-corrected chi connectivity index (χ4v) is 4.70. The zero-order chi connectivity index (χ0) is 13.2. The first-order chi connectivity index (χ1) is 9.23. The normalized spacial score (nSPS) is 36.1. The first-order valence-corrected chi connectivity index (χ1v) is 8.28. The summed E-state index contributed by atoms with van der Waals surface area (Å²) in [4.78, 5) is 0. The van der Waals surface area contributed by atoms with Crippen molar-refractivity contribution in [2.24, 2.45) is 5.41 Å². The lowest BCUT2D eigenvalue weighted by atomic mass is 9.66. The Morgan fingerprint density at radius 1 is 0.684 bits per heavy atom. The number of hydrogen-bond acceptors (Lipinski definition) is 0. The van der Waals surface area contributed by atoms with Crippen LogP contribution in [0.5, 0.6) is 0 Å². The van der Waals surface area contributed by atoms with Crippen LogP contribution < -0.4 is 0 Å². The highest BCUT2D eigenvalue weighted by Gasteiger charge is 2.37. The summed E-state index contributed by atoms with van der Waals surface area (Å²) < 4.78 is 0. The number of rotatable bonds is 1.